The van der Waals surface area contributed by atoms with E-state index in [9.17, 15) is 33.5 Å². The lowest BCUT2D eigenvalue weighted by Gasteiger charge is -2.51. The van der Waals surface area contributed by atoms with E-state index in [0.717, 1.165) is 75.4 Å². The summed E-state index contributed by atoms with van der Waals surface area (Å²) in [6.07, 6.45) is 6.27. The van der Waals surface area contributed by atoms with Crippen LogP contribution in [0, 0.1) is 17.5 Å². The molecular formula is C50H54Cl2F3N7O6. The zero-order valence-electron chi connectivity index (χ0n) is 38.1. The number of benzene rings is 3. The number of allylic oxidation sites excluding steroid dienone is 1. The minimum atomic E-state index is -1.000. The van der Waals surface area contributed by atoms with Gasteiger partial charge in [0.15, 0.2) is 5.82 Å². The van der Waals surface area contributed by atoms with Gasteiger partial charge in [0, 0.05) is 54.5 Å². The first-order valence-corrected chi connectivity index (χ1v) is 23.9. The van der Waals surface area contributed by atoms with Gasteiger partial charge in [0.2, 0.25) is 11.8 Å². The van der Waals surface area contributed by atoms with Gasteiger partial charge in [-0.15, -0.1) is 0 Å². The number of piperazine rings is 1. The number of carbonyl (C=O) groups is 5. The number of phenols is 1. The number of hydrogen-bond donors (Lipinski definition) is 2. The standard InChI is InChI=1S/C50H54Cl2F3N7O6/c1-27-24-61-39(26-60(27)48(66)28(2)51)50(68)59(29(3)46(61)34-23-36(52)42(44(55)45(34)56-4)43-37(54)11-10-12-40(43)63)18-9-7-5-6-8-17-58-19-15-30(16-20-58)32-21-31(53)22-33-35(32)25-62(49(33)67)38-13-14-41(64)57-47(38)65/h10-12,21-23,27,30,38-39,63H,2,4-9,13-20,24-26H2,1,3H3,(H,57,64,65)/t27-,38?,39-/m1/s1. The molecule has 0 aromatic heterocycles. The number of phenolic OH excluding ortho intramolecular Hbond substituents is 1. The molecule has 5 aliphatic rings. The van der Waals surface area contributed by atoms with Crippen molar-refractivity contribution in [2.24, 2.45) is 4.99 Å². The Morgan fingerprint density at radius 3 is 2.29 bits per heavy atom. The summed E-state index contributed by atoms with van der Waals surface area (Å²) in [5.41, 5.74) is 2.02. The molecule has 3 saturated heterocycles. The maximum Gasteiger partial charge on any atom is 0.265 e. The minimum absolute atomic E-state index is 0.0172. The Morgan fingerprint density at radius 1 is 0.912 bits per heavy atom. The van der Waals surface area contributed by atoms with Crippen molar-refractivity contribution < 1.29 is 42.3 Å². The highest BCUT2D eigenvalue weighted by Gasteiger charge is 2.46. The Bertz CT molecular complexity index is 2620. The topological polar surface area (TPSA) is 146 Å². The second-order valence-electron chi connectivity index (χ2n) is 18.3. The fourth-order valence-corrected chi connectivity index (χ4v) is 11.1. The Balaban J connectivity index is 0.903. The van der Waals surface area contributed by atoms with Gasteiger partial charge in [0.1, 0.15) is 35.2 Å². The third-order valence-electron chi connectivity index (χ3n) is 14.2. The van der Waals surface area contributed by atoms with Crippen LogP contribution in [-0.2, 0) is 25.7 Å². The quantitative estimate of drug-likeness (QED) is 0.0712. The summed E-state index contributed by atoms with van der Waals surface area (Å²) < 4.78 is 46.6. The van der Waals surface area contributed by atoms with E-state index >= 15 is 8.78 Å². The number of amides is 5. The van der Waals surface area contributed by atoms with Crippen LogP contribution < -0.4 is 5.32 Å². The monoisotopic (exact) mass is 975 g/mol. The molecule has 0 bridgehead atoms. The van der Waals surface area contributed by atoms with Crippen LogP contribution in [0.2, 0.25) is 5.02 Å². The first-order valence-electron chi connectivity index (χ1n) is 23.1. The molecule has 18 heteroatoms. The Hall–Kier alpha value is -5.71. The molecule has 8 rings (SSSR count). The van der Waals surface area contributed by atoms with Crippen LogP contribution in [0.4, 0.5) is 18.9 Å². The number of imide groups is 1. The molecule has 3 fully saturated rings. The second kappa shape index (κ2) is 20.1. The van der Waals surface area contributed by atoms with Gasteiger partial charge in [-0.05, 0) is 120 Å². The average Bonchev–Trinajstić information content (AvgIpc) is 3.62. The first kappa shape index (κ1) is 48.7. The number of rotatable bonds is 14. The van der Waals surface area contributed by atoms with Crippen molar-refractivity contribution in [3.8, 4) is 16.9 Å². The molecule has 3 atom stereocenters. The smallest absolute Gasteiger partial charge is 0.265 e. The summed E-state index contributed by atoms with van der Waals surface area (Å²) in [7, 11) is 0. The summed E-state index contributed by atoms with van der Waals surface area (Å²) in [5.74, 6) is -4.80. The van der Waals surface area contributed by atoms with E-state index < -0.39 is 58.7 Å². The fraction of sp³-hybridized carbons (Fsp3) is 0.440. The molecule has 3 aromatic carbocycles. The number of halogens is 5. The number of aromatic hydroxyl groups is 1. The van der Waals surface area contributed by atoms with E-state index in [-0.39, 0.29) is 83.0 Å². The van der Waals surface area contributed by atoms with Crippen molar-refractivity contribution >= 4 is 70.8 Å². The fourth-order valence-electron chi connectivity index (χ4n) is 10.7. The summed E-state index contributed by atoms with van der Waals surface area (Å²) in [6, 6.07) is 5.75. The SMILES string of the molecule is C=Nc1c(C2=C(C)N(CCCCCCCN3CCC(c4cc(F)cc5c4CN(C4CCC(=O)NC4=O)C5=O)CC3)C(=O)[C@H]3CN(C(=O)C(=C)Cl)[C@H](C)CN23)cc(Cl)c(-c2c(O)cccc2F)c1F. The molecule has 68 heavy (non-hydrogen) atoms. The van der Waals surface area contributed by atoms with Gasteiger partial charge in [0.05, 0.1) is 27.9 Å². The number of piperidine rings is 2. The molecular weight excluding hydrogens is 922 g/mol. The molecule has 5 amide bonds. The van der Waals surface area contributed by atoms with Gasteiger partial charge in [-0.25, -0.2) is 13.2 Å². The van der Waals surface area contributed by atoms with Gasteiger partial charge in [0.25, 0.3) is 17.7 Å². The minimum Gasteiger partial charge on any atom is -0.507 e. The van der Waals surface area contributed by atoms with E-state index in [1.165, 1.54) is 40.1 Å². The lowest BCUT2D eigenvalue weighted by Crippen LogP contribution is -2.65. The van der Waals surface area contributed by atoms with Crippen molar-refractivity contribution in [2.45, 2.75) is 102 Å². The first-order chi connectivity index (χ1) is 32.5. The highest BCUT2D eigenvalue weighted by Crippen LogP contribution is 2.47. The van der Waals surface area contributed by atoms with Gasteiger partial charge >= 0.3 is 0 Å². The van der Waals surface area contributed by atoms with Crippen LogP contribution >= 0.6 is 23.2 Å². The molecule has 0 saturated carbocycles. The van der Waals surface area contributed by atoms with Gasteiger partial charge in [-0.2, -0.15) is 0 Å². The summed E-state index contributed by atoms with van der Waals surface area (Å²) >= 11 is 12.8. The predicted octanol–water partition coefficient (Wildman–Crippen LogP) is 8.24. The molecule has 0 spiro atoms. The van der Waals surface area contributed by atoms with Crippen molar-refractivity contribution in [2.75, 3.05) is 39.3 Å². The maximum atomic E-state index is 16.6. The third-order valence-corrected chi connectivity index (χ3v) is 14.7. The largest absolute Gasteiger partial charge is 0.507 e. The average molecular weight is 977 g/mol. The van der Waals surface area contributed by atoms with E-state index in [2.05, 4.69) is 28.5 Å². The normalized spacial score (nSPS) is 21.4. The summed E-state index contributed by atoms with van der Waals surface area (Å²) in [4.78, 5) is 78.2. The van der Waals surface area contributed by atoms with Crippen molar-refractivity contribution in [3.63, 3.8) is 0 Å². The molecule has 0 aliphatic carbocycles. The molecule has 0 radical (unpaired) electrons. The maximum absolute atomic E-state index is 16.6. The number of hydrogen-bond acceptors (Lipinski definition) is 9. The number of unbranched alkanes of at least 4 members (excludes halogenated alkanes) is 4. The van der Waals surface area contributed by atoms with E-state index in [0.29, 0.717) is 29.9 Å². The highest BCUT2D eigenvalue weighted by molar-refractivity contribution is 6.41. The van der Waals surface area contributed by atoms with Crippen molar-refractivity contribution in [3.05, 3.63) is 98.4 Å². The van der Waals surface area contributed by atoms with Crippen LogP contribution in [0.5, 0.6) is 5.75 Å². The second-order valence-corrected chi connectivity index (χ2v) is 19.2. The van der Waals surface area contributed by atoms with Crippen LogP contribution in [0.3, 0.4) is 0 Å². The number of carbonyl (C=O) groups excluding carboxylic acids is 5. The molecule has 3 aromatic rings. The molecule has 360 valence electrons. The van der Waals surface area contributed by atoms with Crippen LogP contribution in [0.25, 0.3) is 16.8 Å². The van der Waals surface area contributed by atoms with Crippen LogP contribution in [-0.4, -0.2) is 123 Å². The van der Waals surface area contributed by atoms with Gasteiger partial charge in [-0.1, -0.05) is 55.1 Å². The van der Waals surface area contributed by atoms with Crippen molar-refractivity contribution in [1.29, 1.82) is 0 Å². The zero-order valence-corrected chi connectivity index (χ0v) is 39.6. The lowest BCUT2D eigenvalue weighted by atomic mass is 9.85. The predicted molar refractivity (Wildman–Crippen MR) is 253 cm³/mol. The lowest BCUT2D eigenvalue weighted by molar-refractivity contribution is -0.142. The third kappa shape index (κ3) is 9.26. The van der Waals surface area contributed by atoms with Gasteiger partial charge < -0.3 is 29.6 Å². The molecule has 5 heterocycles. The van der Waals surface area contributed by atoms with Crippen LogP contribution in [0.1, 0.15) is 105 Å². The molecule has 1 unspecified atom stereocenters. The van der Waals surface area contributed by atoms with E-state index in [4.69, 9.17) is 23.2 Å². The zero-order chi connectivity index (χ0) is 48.7. The van der Waals surface area contributed by atoms with E-state index in [1.54, 1.807) is 11.8 Å². The number of fused-ring (bicyclic) bond motifs is 2. The Morgan fingerprint density at radius 2 is 1.62 bits per heavy atom. The number of nitrogens with one attached hydrogen (secondary N) is 1. The summed E-state index contributed by atoms with van der Waals surface area (Å²) in [5, 5.41) is 12.5. The van der Waals surface area contributed by atoms with Gasteiger partial charge in [-0.3, -0.25) is 34.3 Å². The summed E-state index contributed by atoms with van der Waals surface area (Å²) in [6.45, 7) is 14.0. The number of aliphatic imine (C=N–C) groups is 1. The number of likely N-dealkylation sites (tertiary alicyclic amines) is 1. The van der Waals surface area contributed by atoms with E-state index in [1.807, 2.05) is 11.8 Å². The molecule has 5 aliphatic heterocycles. The molecule has 13 nitrogen and oxygen atoms in total. The molecule has 2 N–H and O–H groups in total. The van der Waals surface area contributed by atoms with Crippen LogP contribution in [0.15, 0.2) is 58.7 Å². The van der Waals surface area contributed by atoms with Crippen molar-refractivity contribution in [1.82, 2.24) is 29.8 Å². The Labute approximate surface area is 403 Å². The number of nitrogens with zero attached hydrogens (tertiary/aromatic N) is 6. The Kier molecular flexibility index (Phi) is 14.4. The highest BCUT2D eigenvalue weighted by atomic mass is 35.5.